The standard InChI is InChI=1S/C21H23ClFN3O3/c22-15-3-5-19(17(13-15)20(24)27)29-11-6-14-2-4-18(23)16(12-14)21(28)26-9-1-7-25-8-10-26/h2-5,12-13,25H,1,6-11H2,(H2,24,27). The number of hydrogen-bond donors (Lipinski definition) is 2. The molecule has 2 aromatic rings. The minimum atomic E-state index is -0.635. The van der Waals surface area contributed by atoms with Gasteiger partial charge >= 0.3 is 0 Å². The zero-order valence-corrected chi connectivity index (χ0v) is 16.7. The molecule has 1 fully saturated rings. The molecule has 8 heteroatoms. The molecule has 0 aromatic heterocycles. The molecule has 3 rings (SSSR count). The number of hydrogen-bond acceptors (Lipinski definition) is 4. The van der Waals surface area contributed by atoms with Gasteiger partial charge in [0, 0.05) is 31.1 Å². The molecule has 2 aromatic carbocycles. The van der Waals surface area contributed by atoms with E-state index in [9.17, 15) is 14.0 Å². The van der Waals surface area contributed by atoms with Gasteiger partial charge in [0.1, 0.15) is 11.6 Å². The van der Waals surface area contributed by atoms with Gasteiger partial charge in [-0.25, -0.2) is 4.39 Å². The molecule has 0 unspecified atom stereocenters. The number of nitrogens with one attached hydrogen (secondary N) is 1. The SMILES string of the molecule is NC(=O)c1cc(Cl)ccc1OCCc1ccc(F)c(C(=O)N2CCCNCC2)c1. The minimum absolute atomic E-state index is 0.0636. The maximum atomic E-state index is 14.3. The highest BCUT2D eigenvalue weighted by Crippen LogP contribution is 2.23. The highest BCUT2D eigenvalue weighted by molar-refractivity contribution is 6.31. The lowest BCUT2D eigenvalue weighted by Crippen LogP contribution is -2.34. The second-order valence-electron chi connectivity index (χ2n) is 6.81. The van der Waals surface area contributed by atoms with Crippen LogP contribution >= 0.6 is 11.6 Å². The number of carbonyl (C=O) groups excluding carboxylic acids is 2. The summed E-state index contributed by atoms with van der Waals surface area (Å²) in [4.78, 5) is 25.9. The summed E-state index contributed by atoms with van der Waals surface area (Å²) < 4.78 is 19.9. The number of nitrogens with two attached hydrogens (primary N) is 1. The Labute approximate surface area is 173 Å². The average Bonchev–Trinajstić information content (AvgIpc) is 2.99. The third-order valence-corrected chi connectivity index (χ3v) is 4.98. The monoisotopic (exact) mass is 419 g/mol. The largest absolute Gasteiger partial charge is 0.492 e. The van der Waals surface area contributed by atoms with E-state index in [-0.39, 0.29) is 23.6 Å². The van der Waals surface area contributed by atoms with Crippen LogP contribution in [-0.2, 0) is 6.42 Å². The van der Waals surface area contributed by atoms with Crippen LogP contribution < -0.4 is 15.8 Å². The fraction of sp³-hybridized carbons (Fsp3) is 0.333. The summed E-state index contributed by atoms with van der Waals surface area (Å²) in [5, 5.41) is 3.61. The first-order valence-electron chi connectivity index (χ1n) is 9.46. The van der Waals surface area contributed by atoms with Crippen LogP contribution in [0.15, 0.2) is 36.4 Å². The number of benzene rings is 2. The number of carbonyl (C=O) groups is 2. The fourth-order valence-electron chi connectivity index (χ4n) is 3.21. The van der Waals surface area contributed by atoms with E-state index >= 15 is 0 Å². The molecule has 1 aliphatic heterocycles. The number of ether oxygens (including phenoxy) is 1. The lowest BCUT2D eigenvalue weighted by atomic mass is 10.1. The smallest absolute Gasteiger partial charge is 0.256 e. The van der Waals surface area contributed by atoms with Crippen molar-refractivity contribution in [2.24, 2.45) is 5.73 Å². The van der Waals surface area contributed by atoms with E-state index in [1.54, 1.807) is 29.2 Å². The summed E-state index contributed by atoms with van der Waals surface area (Å²) in [6.07, 6.45) is 1.27. The molecular formula is C21H23ClFN3O3. The molecule has 154 valence electrons. The van der Waals surface area contributed by atoms with E-state index < -0.39 is 11.7 Å². The lowest BCUT2D eigenvalue weighted by Gasteiger charge is -2.20. The molecule has 0 aliphatic carbocycles. The summed E-state index contributed by atoms with van der Waals surface area (Å²) >= 11 is 5.89. The maximum Gasteiger partial charge on any atom is 0.256 e. The third kappa shape index (κ3) is 5.46. The fourth-order valence-corrected chi connectivity index (χ4v) is 3.38. The third-order valence-electron chi connectivity index (χ3n) is 4.74. The summed E-state index contributed by atoms with van der Waals surface area (Å²) in [7, 11) is 0. The summed E-state index contributed by atoms with van der Waals surface area (Å²) in [5.41, 5.74) is 6.37. The predicted octanol–water partition coefficient (Wildman–Crippen LogP) is 2.64. The second kappa shape index (κ2) is 9.71. The number of rotatable bonds is 6. The van der Waals surface area contributed by atoms with Crippen molar-refractivity contribution in [1.82, 2.24) is 10.2 Å². The van der Waals surface area contributed by atoms with Crippen LogP contribution in [0, 0.1) is 5.82 Å². The van der Waals surface area contributed by atoms with Crippen molar-refractivity contribution in [3.05, 3.63) is 63.9 Å². The van der Waals surface area contributed by atoms with Gasteiger partial charge in [0.2, 0.25) is 0 Å². The van der Waals surface area contributed by atoms with E-state index in [2.05, 4.69) is 5.32 Å². The van der Waals surface area contributed by atoms with Gasteiger partial charge in [-0.2, -0.15) is 0 Å². The van der Waals surface area contributed by atoms with E-state index in [4.69, 9.17) is 22.1 Å². The van der Waals surface area contributed by atoms with Crippen LogP contribution in [0.2, 0.25) is 5.02 Å². The lowest BCUT2D eigenvalue weighted by molar-refractivity contribution is 0.0761. The van der Waals surface area contributed by atoms with Gasteiger partial charge in [-0.05, 0) is 48.9 Å². The molecule has 1 aliphatic rings. The quantitative estimate of drug-likeness (QED) is 0.753. The van der Waals surface area contributed by atoms with Crippen molar-refractivity contribution < 1.29 is 18.7 Å². The molecule has 2 amide bonds. The summed E-state index contributed by atoms with van der Waals surface area (Å²) in [5.74, 6) is -1.14. The summed E-state index contributed by atoms with van der Waals surface area (Å²) in [6, 6.07) is 9.12. The Morgan fingerprint density at radius 1 is 1.14 bits per heavy atom. The van der Waals surface area contributed by atoms with Crippen molar-refractivity contribution in [2.45, 2.75) is 12.8 Å². The van der Waals surface area contributed by atoms with Gasteiger partial charge in [0.25, 0.3) is 11.8 Å². The molecule has 0 atom stereocenters. The number of amides is 2. The average molecular weight is 420 g/mol. The highest BCUT2D eigenvalue weighted by atomic mass is 35.5. The molecule has 1 heterocycles. The highest BCUT2D eigenvalue weighted by Gasteiger charge is 2.20. The molecule has 29 heavy (non-hydrogen) atoms. The van der Waals surface area contributed by atoms with Gasteiger partial charge in [0.15, 0.2) is 0 Å². The van der Waals surface area contributed by atoms with Crippen LogP contribution in [0.5, 0.6) is 5.75 Å². The van der Waals surface area contributed by atoms with E-state index in [0.717, 1.165) is 18.5 Å². The molecule has 0 saturated carbocycles. The Kier molecular flexibility index (Phi) is 7.06. The first kappa shape index (κ1) is 21.1. The number of primary amides is 1. The van der Waals surface area contributed by atoms with Gasteiger partial charge in [-0.15, -0.1) is 0 Å². The summed E-state index contributed by atoms with van der Waals surface area (Å²) in [6.45, 7) is 2.93. The first-order valence-corrected chi connectivity index (χ1v) is 9.84. The molecule has 0 radical (unpaired) electrons. The maximum absolute atomic E-state index is 14.3. The van der Waals surface area contributed by atoms with Crippen LogP contribution in [0.4, 0.5) is 4.39 Å². The second-order valence-corrected chi connectivity index (χ2v) is 7.25. The first-order chi connectivity index (χ1) is 14.0. The van der Waals surface area contributed by atoms with E-state index in [1.165, 1.54) is 12.1 Å². The van der Waals surface area contributed by atoms with Crippen LogP contribution in [0.1, 0.15) is 32.7 Å². The minimum Gasteiger partial charge on any atom is -0.492 e. The Morgan fingerprint density at radius 3 is 2.76 bits per heavy atom. The van der Waals surface area contributed by atoms with Crippen molar-refractivity contribution in [3.8, 4) is 5.75 Å². The Morgan fingerprint density at radius 2 is 1.97 bits per heavy atom. The van der Waals surface area contributed by atoms with Crippen LogP contribution in [0.25, 0.3) is 0 Å². The van der Waals surface area contributed by atoms with Crippen LogP contribution in [-0.4, -0.2) is 49.5 Å². The van der Waals surface area contributed by atoms with Crippen molar-refractivity contribution in [3.63, 3.8) is 0 Å². The molecule has 0 bridgehead atoms. The molecular weight excluding hydrogens is 397 g/mol. The Hall–Kier alpha value is -2.64. The molecule has 3 N–H and O–H groups in total. The normalized spacial score (nSPS) is 14.3. The van der Waals surface area contributed by atoms with Crippen LogP contribution in [0.3, 0.4) is 0 Å². The predicted molar refractivity (Wildman–Crippen MR) is 109 cm³/mol. The van der Waals surface area contributed by atoms with Gasteiger partial charge in [-0.1, -0.05) is 17.7 Å². The van der Waals surface area contributed by atoms with E-state index in [1.807, 2.05) is 0 Å². The Bertz CT molecular complexity index is 899. The molecule has 1 saturated heterocycles. The van der Waals surface area contributed by atoms with Crippen molar-refractivity contribution in [1.29, 1.82) is 0 Å². The number of halogens is 2. The topological polar surface area (TPSA) is 84.7 Å². The van der Waals surface area contributed by atoms with Gasteiger partial charge < -0.3 is 20.7 Å². The van der Waals surface area contributed by atoms with Crippen molar-refractivity contribution >= 4 is 23.4 Å². The van der Waals surface area contributed by atoms with E-state index in [0.29, 0.717) is 36.8 Å². The molecule has 0 spiro atoms. The molecule has 6 nitrogen and oxygen atoms in total. The number of nitrogens with zero attached hydrogens (tertiary/aromatic N) is 1. The van der Waals surface area contributed by atoms with Crippen molar-refractivity contribution in [2.75, 3.05) is 32.8 Å². The Balaban J connectivity index is 1.67. The van der Waals surface area contributed by atoms with Gasteiger partial charge in [0.05, 0.1) is 17.7 Å². The van der Waals surface area contributed by atoms with Gasteiger partial charge in [-0.3, -0.25) is 9.59 Å². The zero-order valence-electron chi connectivity index (χ0n) is 15.9. The zero-order chi connectivity index (χ0) is 20.8.